The molecule has 0 aromatic heterocycles. The Morgan fingerprint density at radius 3 is 3.12 bits per heavy atom. The maximum Gasteiger partial charge on any atom is 0.119 e. The summed E-state index contributed by atoms with van der Waals surface area (Å²) in [6.07, 6.45) is 1.34. The zero-order chi connectivity index (χ0) is 11.4. The minimum atomic E-state index is 0.211. The van der Waals surface area contributed by atoms with E-state index in [-0.39, 0.29) is 6.10 Å². The third-order valence-electron chi connectivity index (χ3n) is 3.10. The third kappa shape index (κ3) is 2.36. The first-order valence-corrected chi connectivity index (χ1v) is 5.75. The average molecular weight is 221 g/mol. The number of methoxy groups -OCH3 is 1. The fourth-order valence-electron chi connectivity index (χ4n) is 2.29. The monoisotopic (exact) mass is 221 g/mol. The lowest BCUT2D eigenvalue weighted by atomic mass is 9.95. The predicted molar refractivity (Wildman–Crippen MR) is 63.7 cm³/mol. The van der Waals surface area contributed by atoms with Crippen molar-refractivity contribution in [2.24, 2.45) is 5.92 Å². The van der Waals surface area contributed by atoms with Crippen molar-refractivity contribution >= 4 is 0 Å². The van der Waals surface area contributed by atoms with E-state index in [4.69, 9.17) is 9.47 Å². The maximum absolute atomic E-state index is 5.81. The molecule has 0 spiro atoms. The van der Waals surface area contributed by atoms with E-state index in [0.717, 1.165) is 25.3 Å². The van der Waals surface area contributed by atoms with Crippen LogP contribution in [0.3, 0.4) is 0 Å². The van der Waals surface area contributed by atoms with Gasteiger partial charge < -0.3 is 14.8 Å². The molecule has 0 amide bonds. The molecule has 1 fully saturated rings. The van der Waals surface area contributed by atoms with Gasteiger partial charge in [-0.3, -0.25) is 0 Å². The van der Waals surface area contributed by atoms with Crippen molar-refractivity contribution in [1.29, 1.82) is 0 Å². The molecule has 16 heavy (non-hydrogen) atoms. The number of hydrogen-bond donors (Lipinski definition) is 1. The fraction of sp³-hybridized carbons (Fsp3) is 0.538. The van der Waals surface area contributed by atoms with E-state index < -0.39 is 0 Å². The molecule has 2 rings (SSSR count). The topological polar surface area (TPSA) is 30.5 Å². The van der Waals surface area contributed by atoms with E-state index in [1.165, 1.54) is 5.56 Å². The van der Waals surface area contributed by atoms with Crippen molar-refractivity contribution in [2.75, 3.05) is 27.3 Å². The Kier molecular flexibility index (Phi) is 3.80. The normalized spacial score (nSPS) is 24.6. The van der Waals surface area contributed by atoms with E-state index in [1.807, 2.05) is 19.2 Å². The van der Waals surface area contributed by atoms with E-state index in [9.17, 15) is 0 Å². The van der Waals surface area contributed by atoms with Gasteiger partial charge in [0.15, 0.2) is 0 Å². The molecule has 1 aromatic rings. The molecule has 1 aliphatic heterocycles. The standard InChI is InChI=1S/C13H19NO2/c1-14-9-11-6-7-16-13(11)10-4-3-5-12(8-10)15-2/h3-5,8,11,13-14H,6-7,9H2,1-2H3. The maximum atomic E-state index is 5.81. The Morgan fingerprint density at radius 2 is 2.38 bits per heavy atom. The van der Waals surface area contributed by atoms with E-state index >= 15 is 0 Å². The molecule has 1 saturated heterocycles. The first-order chi connectivity index (χ1) is 7.85. The Labute approximate surface area is 96.8 Å². The molecule has 0 aliphatic carbocycles. The molecular formula is C13H19NO2. The van der Waals surface area contributed by atoms with Crippen LogP contribution in [0.2, 0.25) is 0 Å². The summed E-state index contributed by atoms with van der Waals surface area (Å²) in [5, 5.41) is 3.23. The Hall–Kier alpha value is -1.06. The second-order valence-electron chi connectivity index (χ2n) is 4.17. The molecule has 2 atom stereocenters. The first-order valence-electron chi connectivity index (χ1n) is 5.75. The summed E-state index contributed by atoms with van der Waals surface area (Å²) < 4.78 is 11.0. The van der Waals surface area contributed by atoms with Crippen molar-refractivity contribution in [2.45, 2.75) is 12.5 Å². The van der Waals surface area contributed by atoms with Gasteiger partial charge >= 0.3 is 0 Å². The minimum absolute atomic E-state index is 0.211. The molecule has 1 heterocycles. The van der Waals surface area contributed by atoms with Gasteiger partial charge in [-0.05, 0) is 31.2 Å². The summed E-state index contributed by atoms with van der Waals surface area (Å²) in [6.45, 7) is 1.86. The van der Waals surface area contributed by atoms with Gasteiger partial charge in [0.1, 0.15) is 5.75 Å². The van der Waals surface area contributed by atoms with E-state index in [2.05, 4.69) is 17.4 Å². The number of benzene rings is 1. The lowest BCUT2D eigenvalue weighted by Gasteiger charge is -2.19. The zero-order valence-electron chi connectivity index (χ0n) is 9.90. The summed E-state index contributed by atoms with van der Waals surface area (Å²) in [5.74, 6) is 1.47. The van der Waals surface area contributed by atoms with Crippen molar-refractivity contribution in [3.05, 3.63) is 29.8 Å². The van der Waals surface area contributed by atoms with Crippen LogP contribution < -0.4 is 10.1 Å². The number of hydrogen-bond acceptors (Lipinski definition) is 3. The van der Waals surface area contributed by atoms with Crippen LogP contribution in [-0.2, 0) is 4.74 Å². The van der Waals surface area contributed by atoms with Crippen LogP contribution in [0.15, 0.2) is 24.3 Å². The smallest absolute Gasteiger partial charge is 0.119 e. The highest BCUT2D eigenvalue weighted by atomic mass is 16.5. The average Bonchev–Trinajstić information content (AvgIpc) is 2.78. The van der Waals surface area contributed by atoms with Crippen LogP contribution in [0.25, 0.3) is 0 Å². The van der Waals surface area contributed by atoms with Crippen LogP contribution in [-0.4, -0.2) is 27.3 Å². The molecule has 3 heteroatoms. The van der Waals surface area contributed by atoms with E-state index in [0.29, 0.717) is 5.92 Å². The van der Waals surface area contributed by atoms with Crippen LogP contribution in [0, 0.1) is 5.92 Å². The summed E-state index contributed by atoms with van der Waals surface area (Å²) in [6, 6.07) is 8.16. The van der Waals surface area contributed by atoms with Crippen LogP contribution in [0.5, 0.6) is 5.75 Å². The van der Waals surface area contributed by atoms with Crippen LogP contribution >= 0.6 is 0 Å². The highest BCUT2D eigenvalue weighted by Gasteiger charge is 2.29. The van der Waals surface area contributed by atoms with Crippen molar-refractivity contribution < 1.29 is 9.47 Å². The van der Waals surface area contributed by atoms with Crippen molar-refractivity contribution in [1.82, 2.24) is 5.32 Å². The van der Waals surface area contributed by atoms with Crippen molar-refractivity contribution in [3.63, 3.8) is 0 Å². The molecule has 3 nitrogen and oxygen atoms in total. The Morgan fingerprint density at radius 1 is 1.50 bits per heavy atom. The Balaban J connectivity index is 2.15. The van der Waals surface area contributed by atoms with Gasteiger partial charge in [-0.1, -0.05) is 12.1 Å². The molecule has 0 saturated carbocycles. The second kappa shape index (κ2) is 5.32. The number of rotatable bonds is 4. The highest BCUT2D eigenvalue weighted by Crippen LogP contribution is 2.35. The SMILES string of the molecule is CNCC1CCOC1c1cccc(OC)c1. The highest BCUT2D eigenvalue weighted by molar-refractivity contribution is 5.30. The van der Waals surface area contributed by atoms with Crippen LogP contribution in [0.1, 0.15) is 18.1 Å². The van der Waals surface area contributed by atoms with Gasteiger partial charge in [0.2, 0.25) is 0 Å². The summed E-state index contributed by atoms with van der Waals surface area (Å²) in [5.41, 5.74) is 1.22. The zero-order valence-corrected chi connectivity index (χ0v) is 9.90. The molecule has 1 aliphatic rings. The molecule has 88 valence electrons. The van der Waals surface area contributed by atoms with Gasteiger partial charge in [-0.2, -0.15) is 0 Å². The van der Waals surface area contributed by atoms with Crippen molar-refractivity contribution in [3.8, 4) is 5.75 Å². The lowest BCUT2D eigenvalue weighted by Crippen LogP contribution is -2.21. The number of nitrogens with one attached hydrogen (secondary N) is 1. The molecule has 1 N–H and O–H groups in total. The lowest BCUT2D eigenvalue weighted by molar-refractivity contribution is 0.0908. The van der Waals surface area contributed by atoms with Gasteiger partial charge in [-0.25, -0.2) is 0 Å². The minimum Gasteiger partial charge on any atom is -0.497 e. The number of ether oxygens (including phenoxy) is 2. The van der Waals surface area contributed by atoms with Crippen LogP contribution in [0.4, 0.5) is 0 Å². The van der Waals surface area contributed by atoms with Gasteiger partial charge in [0.05, 0.1) is 13.2 Å². The summed E-state index contributed by atoms with van der Waals surface area (Å²) in [4.78, 5) is 0. The van der Waals surface area contributed by atoms with E-state index in [1.54, 1.807) is 7.11 Å². The Bertz CT molecular complexity index is 340. The van der Waals surface area contributed by atoms with Gasteiger partial charge in [0.25, 0.3) is 0 Å². The first kappa shape index (κ1) is 11.4. The third-order valence-corrected chi connectivity index (χ3v) is 3.10. The molecule has 1 aromatic carbocycles. The van der Waals surface area contributed by atoms with Gasteiger partial charge in [0, 0.05) is 19.1 Å². The largest absolute Gasteiger partial charge is 0.497 e. The second-order valence-corrected chi connectivity index (χ2v) is 4.17. The molecule has 0 radical (unpaired) electrons. The molecule has 0 bridgehead atoms. The molecular weight excluding hydrogens is 202 g/mol. The quantitative estimate of drug-likeness (QED) is 0.843. The fourth-order valence-corrected chi connectivity index (χ4v) is 2.29. The van der Waals surface area contributed by atoms with Gasteiger partial charge in [-0.15, -0.1) is 0 Å². The molecule has 2 unspecified atom stereocenters. The summed E-state index contributed by atoms with van der Waals surface area (Å²) in [7, 11) is 3.68. The predicted octanol–water partition coefficient (Wildman–Crippen LogP) is 1.99. The summed E-state index contributed by atoms with van der Waals surface area (Å²) >= 11 is 0.